The van der Waals surface area contributed by atoms with Gasteiger partial charge in [-0.2, -0.15) is 0 Å². The molecule has 1 aromatic rings. The van der Waals surface area contributed by atoms with Crippen LogP contribution in [0.15, 0.2) is 36.4 Å². The average Bonchev–Trinajstić information content (AvgIpc) is 3.10. The van der Waals surface area contributed by atoms with Gasteiger partial charge >= 0.3 is 5.97 Å². The molecule has 8 nitrogen and oxygen atoms in total. The zero-order valence-corrected chi connectivity index (χ0v) is 27.0. The van der Waals surface area contributed by atoms with Crippen LogP contribution in [-0.4, -0.2) is 77.2 Å². The Bertz CT molecular complexity index is 1340. The lowest BCUT2D eigenvalue weighted by molar-refractivity contribution is -0.437. The lowest BCUT2D eigenvalue weighted by atomic mass is 9.36. The van der Waals surface area contributed by atoms with E-state index in [1.54, 1.807) is 0 Å². The molecule has 240 valence electrons. The third-order valence-corrected chi connectivity index (χ3v) is 12.1. The number of Topliss-reactive ketones (excluding diaryl/α,β-unsaturated/α-hetero) is 2. The highest BCUT2D eigenvalue weighted by molar-refractivity contribution is 6.18. The summed E-state index contributed by atoms with van der Waals surface area (Å²) in [5.74, 6) is -3.96. The molecule has 2 spiro atoms. The number of alkyl halides is 2. The first-order valence-corrected chi connectivity index (χ1v) is 16.9. The smallest absolute Gasteiger partial charge is 0.306 e. The van der Waals surface area contributed by atoms with E-state index >= 15 is 0 Å². The topological polar surface area (TPSA) is 113 Å². The summed E-state index contributed by atoms with van der Waals surface area (Å²) in [6, 6.07) is 8.09. The minimum Gasteiger partial charge on any atom is -0.460 e. The summed E-state index contributed by atoms with van der Waals surface area (Å²) in [4.78, 5) is 43.6. The third kappa shape index (κ3) is 4.30. The van der Waals surface area contributed by atoms with Crippen molar-refractivity contribution in [3.63, 3.8) is 0 Å². The van der Waals surface area contributed by atoms with Crippen LogP contribution in [0.4, 0.5) is 5.69 Å². The summed E-state index contributed by atoms with van der Waals surface area (Å²) >= 11 is 11.9. The van der Waals surface area contributed by atoms with E-state index in [1.807, 2.05) is 38.1 Å². The molecule has 7 rings (SSSR count). The molecule has 4 aliphatic carbocycles. The number of esters is 1. The van der Waals surface area contributed by atoms with Gasteiger partial charge in [0.25, 0.3) is 0 Å². The van der Waals surface area contributed by atoms with E-state index in [2.05, 4.69) is 11.5 Å². The molecule has 0 radical (unpaired) electrons. The Morgan fingerprint density at radius 2 is 1.82 bits per heavy atom. The molecular weight excluding hydrogens is 605 g/mol. The quantitative estimate of drug-likeness (QED) is 0.218. The predicted molar refractivity (Wildman–Crippen MR) is 167 cm³/mol. The van der Waals surface area contributed by atoms with Crippen LogP contribution in [0.1, 0.15) is 57.9 Å². The first-order valence-electron chi connectivity index (χ1n) is 15.9. The maximum Gasteiger partial charge on any atom is 0.306 e. The van der Waals surface area contributed by atoms with Crippen LogP contribution in [0.25, 0.3) is 0 Å². The van der Waals surface area contributed by atoms with E-state index in [-0.39, 0.29) is 24.4 Å². The van der Waals surface area contributed by atoms with E-state index in [4.69, 9.17) is 32.7 Å². The SMILES string of the molecule is C=C1C(=O)C23C(CCC1[C@H]2OC(=O)CCCc1ccc(N(CCCl)CCCl)cc1)C12CO[C@@]3(O)[C@@H](O)[C@@H]1C(C)(C)CCC2=O. The van der Waals surface area contributed by atoms with Gasteiger partial charge in [0.1, 0.15) is 23.4 Å². The van der Waals surface area contributed by atoms with Gasteiger partial charge in [-0.1, -0.05) is 32.6 Å². The van der Waals surface area contributed by atoms with Crippen molar-refractivity contribution in [3.8, 4) is 0 Å². The number of anilines is 1. The van der Waals surface area contributed by atoms with Crippen molar-refractivity contribution in [3.05, 3.63) is 42.0 Å². The summed E-state index contributed by atoms with van der Waals surface area (Å²) in [7, 11) is 0. The van der Waals surface area contributed by atoms with Crippen molar-refractivity contribution < 1.29 is 34.1 Å². The summed E-state index contributed by atoms with van der Waals surface area (Å²) in [5.41, 5.74) is -0.998. The summed E-state index contributed by atoms with van der Waals surface area (Å²) < 4.78 is 12.2. The van der Waals surface area contributed by atoms with Gasteiger partial charge in [-0.05, 0) is 66.7 Å². The maximum atomic E-state index is 14.2. The fourth-order valence-corrected chi connectivity index (χ4v) is 10.3. The highest BCUT2D eigenvalue weighted by atomic mass is 35.5. The van der Waals surface area contributed by atoms with Crippen molar-refractivity contribution in [2.45, 2.75) is 76.8 Å². The van der Waals surface area contributed by atoms with Crippen LogP contribution in [0, 0.1) is 34.0 Å². The molecule has 4 unspecified atom stereocenters. The molecule has 2 aliphatic heterocycles. The Balaban J connectivity index is 1.22. The zero-order valence-electron chi connectivity index (χ0n) is 25.5. The van der Waals surface area contributed by atoms with E-state index < -0.39 is 63.7 Å². The summed E-state index contributed by atoms with van der Waals surface area (Å²) in [6.07, 6.45) is 0.625. The monoisotopic (exact) mass is 647 g/mol. The molecular formula is C34H43Cl2NO7. The number of benzene rings is 1. The number of aliphatic hydroxyl groups is 2. The van der Waals surface area contributed by atoms with Gasteiger partial charge in [-0.3, -0.25) is 14.4 Å². The largest absolute Gasteiger partial charge is 0.460 e. The summed E-state index contributed by atoms with van der Waals surface area (Å²) in [6.45, 7) is 9.42. The second-order valence-corrected chi connectivity index (χ2v) is 14.9. The second kappa shape index (κ2) is 11.4. The predicted octanol–water partition coefficient (Wildman–Crippen LogP) is 4.44. The lowest BCUT2D eigenvalue weighted by Gasteiger charge is -2.72. The van der Waals surface area contributed by atoms with Crippen LogP contribution < -0.4 is 4.90 Å². The van der Waals surface area contributed by atoms with E-state index in [0.29, 0.717) is 63.4 Å². The molecule has 10 heteroatoms. The fourth-order valence-electron chi connectivity index (χ4n) is 9.85. The van der Waals surface area contributed by atoms with Gasteiger partial charge < -0.3 is 24.6 Å². The molecule has 4 bridgehead atoms. The zero-order chi connectivity index (χ0) is 31.7. The Morgan fingerprint density at radius 3 is 2.48 bits per heavy atom. The van der Waals surface area contributed by atoms with Crippen molar-refractivity contribution in [1.29, 1.82) is 0 Å². The number of aliphatic hydroxyl groups excluding tert-OH is 1. The Hall–Kier alpha value is -1.97. The Labute approximate surface area is 269 Å². The number of ether oxygens (including phenoxy) is 2. The molecule has 2 saturated heterocycles. The van der Waals surface area contributed by atoms with Gasteiger partial charge in [-0.15, -0.1) is 23.2 Å². The average molecular weight is 649 g/mol. The van der Waals surface area contributed by atoms with Crippen LogP contribution in [0.5, 0.6) is 0 Å². The first-order chi connectivity index (χ1) is 20.9. The molecule has 44 heavy (non-hydrogen) atoms. The fraction of sp³-hybridized carbons (Fsp3) is 0.676. The number of hydrogen-bond donors (Lipinski definition) is 2. The highest BCUT2D eigenvalue weighted by Gasteiger charge is 2.88. The van der Waals surface area contributed by atoms with Crippen LogP contribution in [-0.2, 0) is 30.3 Å². The number of carbonyl (C=O) groups excluding carboxylic acids is 3. The molecule has 2 N–H and O–H groups in total. The number of aryl methyl sites for hydroxylation is 1. The number of ketones is 2. The van der Waals surface area contributed by atoms with Gasteiger partial charge in [-0.25, -0.2) is 0 Å². The minimum atomic E-state index is -2.29. The number of hydrogen-bond acceptors (Lipinski definition) is 8. The second-order valence-electron chi connectivity index (χ2n) is 14.1. The Morgan fingerprint density at radius 1 is 1.14 bits per heavy atom. The van der Waals surface area contributed by atoms with E-state index in [0.717, 1.165) is 11.3 Å². The molecule has 0 amide bonds. The van der Waals surface area contributed by atoms with Gasteiger partial charge in [0, 0.05) is 55.2 Å². The van der Waals surface area contributed by atoms with Crippen LogP contribution in [0.3, 0.4) is 0 Å². The molecule has 1 aromatic carbocycles. The molecule has 6 aliphatic rings. The summed E-state index contributed by atoms with van der Waals surface area (Å²) in [5, 5.41) is 24.1. The number of carbonyl (C=O) groups is 3. The van der Waals surface area contributed by atoms with Crippen molar-refractivity contribution in [2.24, 2.45) is 34.0 Å². The highest BCUT2D eigenvalue weighted by Crippen LogP contribution is 2.76. The van der Waals surface area contributed by atoms with Crippen molar-refractivity contribution in [1.82, 2.24) is 0 Å². The molecule has 6 fully saturated rings. The molecule has 2 heterocycles. The normalized spacial score (nSPS) is 38.3. The van der Waals surface area contributed by atoms with Gasteiger partial charge in [0.15, 0.2) is 5.78 Å². The van der Waals surface area contributed by atoms with Crippen LogP contribution >= 0.6 is 23.2 Å². The van der Waals surface area contributed by atoms with E-state index in [9.17, 15) is 24.6 Å². The minimum absolute atomic E-state index is 0.0414. The number of nitrogens with zero attached hydrogens (tertiary/aromatic N) is 1. The molecule has 0 aromatic heterocycles. The molecule has 4 saturated carbocycles. The number of fused-ring (bicyclic) bond motifs is 2. The maximum absolute atomic E-state index is 14.2. The standard InChI is InChI=1S/C34H43Cl2NO7/c1-20-23-11-12-24-32-19-43-34(42,29(41)27(32)31(2,3)14-13-25(32)38)33(24,28(20)40)30(23)44-26(39)6-4-5-21-7-9-22(10-8-21)37(17-15-35)18-16-36/h7-10,23-24,27,29-30,41-42H,1,4-6,11-19H2,2-3H3/t23?,24?,27-,29+,30-,32?,33?,34+/m1/s1. The number of rotatable bonds is 10. The van der Waals surface area contributed by atoms with Gasteiger partial charge in [0.05, 0.1) is 12.0 Å². The Kier molecular flexibility index (Phi) is 8.27. The van der Waals surface area contributed by atoms with Gasteiger partial charge in [0.2, 0.25) is 5.79 Å². The molecule has 8 atom stereocenters. The first kappa shape index (κ1) is 32.0. The number of halogens is 2. The van der Waals surface area contributed by atoms with Crippen molar-refractivity contribution >= 4 is 46.4 Å². The third-order valence-electron chi connectivity index (χ3n) is 11.7. The lowest BCUT2D eigenvalue weighted by Crippen LogP contribution is -2.85. The van der Waals surface area contributed by atoms with E-state index in [1.165, 1.54) is 0 Å². The van der Waals surface area contributed by atoms with Crippen molar-refractivity contribution in [2.75, 3.05) is 36.4 Å². The van der Waals surface area contributed by atoms with Crippen LogP contribution in [0.2, 0.25) is 0 Å².